The summed E-state index contributed by atoms with van der Waals surface area (Å²) >= 11 is 5.95. The van der Waals surface area contributed by atoms with Gasteiger partial charge in [-0.2, -0.15) is 0 Å². The molecule has 0 fully saturated rings. The molecule has 25 heavy (non-hydrogen) atoms. The molecule has 3 N–H and O–H groups in total. The van der Waals surface area contributed by atoms with E-state index in [1.807, 2.05) is 6.92 Å². The molecule has 2 rings (SSSR count). The standard InChI is InChI=1S/C18H17ClN2O4/c1-11-6-7-12(19)10-15(11)21-18(25)13-4-2-3-5-14(13)20-16(22)8-9-17(23)24/h2-7,10H,8-9H2,1H3,(H,20,22)(H,21,25)(H,23,24). The maximum absolute atomic E-state index is 12.5. The Labute approximate surface area is 149 Å². The number of anilines is 2. The Balaban J connectivity index is 2.16. The van der Waals surface area contributed by atoms with Gasteiger partial charge in [0.2, 0.25) is 5.91 Å². The minimum absolute atomic E-state index is 0.168. The van der Waals surface area contributed by atoms with Gasteiger partial charge in [0, 0.05) is 17.1 Å². The van der Waals surface area contributed by atoms with Crippen molar-refractivity contribution in [2.75, 3.05) is 10.6 Å². The van der Waals surface area contributed by atoms with Crippen molar-refractivity contribution < 1.29 is 19.5 Å². The number of carboxylic acids is 1. The van der Waals surface area contributed by atoms with E-state index < -0.39 is 17.8 Å². The van der Waals surface area contributed by atoms with E-state index in [1.165, 1.54) is 0 Å². The lowest BCUT2D eigenvalue weighted by Crippen LogP contribution is -2.19. The van der Waals surface area contributed by atoms with Crippen LogP contribution in [0.2, 0.25) is 5.02 Å². The molecular formula is C18H17ClN2O4. The lowest BCUT2D eigenvalue weighted by atomic mass is 10.1. The molecular weight excluding hydrogens is 344 g/mol. The van der Waals surface area contributed by atoms with E-state index in [0.29, 0.717) is 16.4 Å². The van der Waals surface area contributed by atoms with Crippen LogP contribution in [0.1, 0.15) is 28.8 Å². The van der Waals surface area contributed by atoms with Gasteiger partial charge in [-0.15, -0.1) is 0 Å². The second-order valence-electron chi connectivity index (χ2n) is 5.40. The summed E-state index contributed by atoms with van der Waals surface area (Å²) in [5.74, 6) is -1.93. The molecule has 0 spiro atoms. The van der Waals surface area contributed by atoms with Gasteiger partial charge in [-0.25, -0.2) is 0 Å². The van der Waals surface area contributed by atoms with Crippen LogP contribution < -0.4 is 10.6 Å². The highest BCUT2D eigenvalue weighted by Gasteiger charge is 2.15. The molecule has 7 heteroatoms. The zero-order valence-electron chi connectivity index (χ0n) is 13.5. The first-order valence-electron chi connectivity index (χ1n) is 7.55. The number of carbonyl (C=O) groups is 3. The minimum Gasteiger partial charge on any atom is -0.481 e. The third-order valence-electron chi connectivity index (χ3n) is 3.46. The van der Waals surface area contributed by atoms with Crippen molar-refractivity contribution in [3.63, 3.8) is 0 Å². The SMILES string of the molecule is Cc1ccc(Cl)cc1NC(=O)c1ccccc1NC(=O)CCC(=O)O. The number of benzene rings is 2. The molecule has 2 aromatic carbocycles. The number of rotatable bonds is 6. The largest absolute Gasteiger partial charge is 0.481 e. The second kappa shape index (κ2) is 8.30. The first-order valence-corrected chi connectivity index (χ1v) is 7.93. The number of hydrogen-bond acceptors (Lipinski definition) is 3. The van der Waals surface area contributed by atoms with Crippen LogP contribution in [0, 0.1) is 6.92 Å². The predicted molar refractivity (Wildman–Crippen MR) is 96.1 cm³/mol. The molecule has 130 valence electrons. The molecule has 0 unspecified atom stereocenters. The Bertz CT molecular complexity index is 820. The Hall–Kier alpha value is -2.86. The number of aryl methyl sites for hydroxylation is 1. The fourth-order valence-electron chi connectivity index (χ4n) is 2.14. The average Bonchev–Trinajstić information content (AvgIpc) is 2.56. The van der Waals surface area contributed by atoms with Gasteiger partial charge >= 0.3 is 5.97 Å². The summed E-state index contributed by atoms with van der Waals surface area (Å²) in [7, 11) is 0. The molecule has 2 amide bonds. The van der Waals surface area contributed by atoms with Crippen molar-refractivity contribution in [2.24, 2.45) is 0 Å². The number of halogens is 1. The zero-order chi connectivity index (χ0) is 18.4. The first kappa shape index (κ1) is 18.5. The van der Waals surface area contributed by atoms with Crippen LogP contribution in [-0.2, 0) is 9.59 Å². The number of carbonyl (C=O) groups excluding carboxylic acids is 2. The third-order valence-corrected chi connectivity index (χ3v) is 3.69. The number of hydrogen-bond donors (Lipinski definition) is 3. The number of nitrogens with one attached hydrogen (secondary N) is 2. The maximum Gasteiger partial charge on any atom is 0.303 e. The van der Waals surface area contributed by atoms with E-state index in [1.54, 1.807) is 42.5 Å². The van der Waals surface area contributed by atoms with Crippen LogP contribution >= 0.6 is 11.6 Å². The quantitative estimate of drug-likeness (QED) is 0.731. The Kier molecular flexibility index (Phi) is 6.14. The molecule has 6 nitrogen and oxygen atoms in total. The molecule has 0 saturated heterocycles. The van der Waals surface area contributed by atoms with Crippen molar-refractivity contribution in [3.05, 3.63) is 58.6 Å². The molecule has 0 radical (unpaired) electrons. The number of para-hydroxylation sites is 1. The van der Waals surface area contributed by atoms with Crippen LogP contribution in [0.15, 0.2) is 42.5 Å². The fraction of sp³-hybridized carbons (Fsp3) is 0.167. The van der Waals surface area contributed by atoms with E-state index >= 15 is 0 Å². The van der Waals surface area contributed by atoms with Gasteiger partial charge in [-0.3, -0.25) is 14.4 Å². The van der Waals surface area contributed by atoms with Crippen LogP contribution in [0.5, 0.6) is 0 Å². The van der Waals surface area contributed by atoms with Crippen LogP contribution in [0.25, 0.3) is 0 Å². The van der Waals surface area contributed by atoms with Crippen LogP contribution in [-0.4, -0.2) is 22.9 Å². The molecule has 0 heterocycles. The molecule has 0 aliphatic heterocycles. The maximum atomic E-state index is 12.5. The van der Waals surface area contributed by atoms with Crippen molar-refractivity contribution >= 4 is 40.8 Å². The second-order valence-corrected chi connectivity index (χ2v) is 5.84. The third kappa shape index (κ3) is 5.32. The van der Waals surface area contributed by atoms with Crippen molar-refractivity contribution in [2.45, 2.75) is 19.8 Å². The highest BCUT2D eigenvalue weighted by molar-refractivity contribution is 6.31. The van der Waals surface area contributed by atoms with Crippen molar-refractivity contribution in [1.82, 2.24) is 0 Å². The Morgan fingerprint density at radius 2 is 1.72 bits per heavy atom. The van der Waals surface area contributed by atoms with Gasteiger partial charge in [0.15, 0.2) is 0 Å². The molecule has 0 aliphatic rings. The molecule has 0 aromatic heterocycles. The zero-order valence-corrected chi connectivity index (χ0v) is 14.3. The predicted octanol–water partition coefficient (Wildman–Crippen LogP) is 3.70. The normalized spacial score (nSPS) is 10.2. The first-order chi connectivity index (χ1) is 11.9. The van der Waals surface area contributed by atoms with E-state index in [2.05, 4.69) is 10.6 Å². The summed E-state index contributed by atoms with van der Waals surface area (Å²) in [6, 6.07) is 11.7. The highest BCUT2D eigenvalue weighted by Crippen LogP contribution is 2.23. The van der Waals surface area contributed by atoms with Gasteiger partial charge in [0.25, 0.3) is 5.91 Å². The monoisotopic (exact) mass is 360 g/mol. The van der Waals surface area contributed by atoms with Crippen molar-refractivity contribution in [3.8, 4) is 0 Å². The van der Waals surface area contributed by atoms with Gasteiger partial charge in [-0.1, -0.05) is 29.8 Å². The van der Waals surface area contributed by atoms with Gasteiger partial charge in [0.05, 0.1) is 17.7 Å². The summed E-state index contributed by atoms with van der Waals surface area (Å²) in [4.78, 5) is 34.9. The van der Waals surface area contributed by atoms with Gasteiger partial charge in [-0.05, 0) is 36.8 Å². The number of amides is 2. The lowest BCUT2D eigenvalue weighted by molar-refractivity contribution is -0.138. The molecule has 0 aliphatic carbocycles. The lowest BCUT2D eigenvalue weighted by Gasteiger charge is -2.13. The Morgan fingerprint density at radius 1 is 1.00 bits per heavy atom. The molecule has 0 saturated carbocycles. The topological polar surface area (TPSA) is 95.5 Å². The van der Waals surface area contributed by atoms with E-state index in [4.69, 9.17) is 16.7 Å². The fourth-order valence-corrected chi connectivity index (χ4v) is 2.31. The van der Waals surface area contributed by atoms with Gasteiger partial charge in [0.1, 0.15) is 0 Å². The summed E-state index contributed by atoms with van der Waals surface area (Å²) in [5, 5.41) is 14.5. The van der Waals surface area contributed by atoms with E-state index in [0.717, 1.165) is 5.56 Å². The highest BCUT2D eigenvalue weighted by atomic mass is 35.5. The number of carboxylic acid groups (broad SMARTS) is 1. The summed E-state index contributed by atoms with van der Waals surface area (Å²) in [5.41, 5.74) is 2.01. The van der Waals surface area contributed by atoms with Crippen LogP contribution in [0.4, 0.5) is 11.4 Å². The van der Waals surface area contributed by atoms with Gasteiger partial charge < -0.3 is 15.7 Å². The molecule has 2 aromatic rings. The summed E-state index contributed by atoms with van der Waals surface area (Å²) in [6.07, 6.45) is -0.444. The summed E-state index contributed by atoms with van der Waals surface area (Å²) in [6.45, 7) is 1.84. The van der Waals surface area contributed by atoms with E-state index in [-0.39, 0.29) is 18.4 Å². The minimum atomic E-state index is -1.06. The molecule has 0 bridgehead atoms. The average molecular weight is 361 g/mol. The Morgan fingerprint density at radius 3 is 2.44 bits per heavy atom. The number of aliphatic carboxylic acids is 1. The molecule has 0 atom stereocenters. The van der Waals surface area contributed by atoms with Crippen LogP contribution in [0.3, 0.4) is 0 Å². The van der Waals surface area contributed by atoms with E-state index in [9.17, 15) is 14.4 Å². The van der Waals surface area contributed by atoms with Crippen molar-refractivity contribution in [1.29, 1.82) is 0 Å². The summed E-state index contributed by atoms with van der Waals surface area (Å²) < 4.78 is 0. The smallest absolute Gasteiger partial charge is 0.303 e.